The molecule has 1 heterocycles. The molecule has 1 atom stereocenters. The summed E-state index contributed by atoms with van der Waals surface area (Å²) in [7, 11) is 0. The summed E-state index contributed by atoms with van der Waals surface area (Å²) < 4.78 is 29.0. The number of carbonyl (C=O) groups is 1. The fraction of sp³-hybridized carbons (Fsp3) is 0.605. The van der Waals surface area contributed by atoms with Gasteiger partial charge in [0, 0.05) is 32.5 Å². The number of likely N-dealkylation sites (tertiary alicyclic amines) is 1. The molecule has 8 heteroatoms. The lowest BCUT2D eigenvalue weighted by Crippen LogP contribution is -2.39. The van der Waals surface area contributed by atoms with Crippen LogP contribution in [0.1, 0.15) is 78.4 Å². The van der Waals surface area contributed by atoms with Crippen LogP contribution in [0.3, 0.4) is 0 Å². The smallest absolute Gasteiger partial charge is 0.178 e. The Hall–Kier alpha value is -2.75. The summed E-state index contributed by atoms with van der Waals surface area (Å²) in [6.07, 6.45) is 2.50. The first-order valence-electron chi connectivity index (χ1n) is 16.8. The lowest BCUT2D eigenvalue weighted by Gasteiger charge is -2.32. The predicted octanol–water partition coefficient (Wildman–Crippen LogP) is 6.81. The highest BCUT2D eigenvalue weighted by molar-refractivity contribution is 6.22. The van der Waals surface area contributed by atoms with Crippen LogP contribution in [0.25, 0.3) is 16.7 Å². The molecule has 1 aliphatic heterocycles. The molecule has 2 aromatic rings. The van der Waals surface area contributed by atoms with Gasteiger partial charge < -0.3 is 33.7 Å². The summed E-state index contributed by atoms with van der Waals surface area (Å²) in [5, 5.41) is 9.81. The van der Waals surface area contributed by atoms with Crippen LogP contribution < -0.4 is 4.74 Å². The highest BCUT2D eigenvalue weighted by atomic mass is 16.6. The number of piperidine rings is 1. The van der Waals surface area contributed by atoms with E-state index in [4.69, 9.17) is 23.7 Å². The SMILES string of the molecule is CCOC1=C(c2cc(-c3ccc(OC4CCN(CCOCCOCC(O)OC(C)(C)C)CC4)cc3)ccc2C)C(=O)CC(C)(C)C1. The van der Waals surface area contributed by atoms with Crippen molar-refractivity contribution in [3.05, 3.63) is 59.4 Å². The second-order valence-electron chi connectivity index (χ2n) is 14.3. The lowest BCUT2D eigenvalue weighted by atomic mass is 9.74. The van der Waals surface area contributed by atoms with Crippen LogP contribution in [0.2, 0.25) is 0 Å². The number of ketones is 1. The minimum absolute atomic E-state index is 0.0953. The van der Waals surface area contributed by atoms with Crippen LogP contribution in [0.5, 0.6) is 5.75 Å². The van der Waals surface area contributed by atoms with E-state index in [0.29, 0.717) is 32.8 Å². The number of aryl methyl sites for hydroxylation is 1. The third kappa shape index (κ3) is 10.9. The molecule has 46 heavy (non-hydrogen) atoms. The summed E-state index contributed by atoms with van der Waals surface area (Å²) >= 11 is 0. The van der Waals surface area contributed by atoms with Crippen molar-refractivity contribution in [2.24, 2.45) is 5.41 Å². The first-order chi connectivity index (χ1) is 21.8. The number of carbonyl (C=O) groups excluding carboxylic acids is 1. The van der Waals surface area contributed by atoms with E-state index < -0.39 is 11.9 Å². The zero-order valence-corrected chi connectivity index (χ0v) is 29.0. The summed E-state index contributed by atoms with van der Waals surface area (Å²) in [5.74, 6) is 1.85. The number of aliphatic hydroxyl groups excluding tert-OH is 1. The van der Waals surface area contributed by atoms with Crippen molar-refractivity contribution < 1.29 is 33.6 Å². The van der Waals surface area contributed by atoms with Crippen LogP contribution >= 0.6 is 0 Å². The Bertz CT molecular complexity index is 1300. The van der Waals surface area contributed by atoms with Gasteiger partial charge in [0.25, 0.3) is 0 Å². The van der Waals surface area contributed by atoms with E-state index in [-0.39, 0.29) is 23.9 Å². The minimum Gasteiger partial charge on any atom is -0.497 e. The molecule has 2 aromatic carbocycles. The molecule has 1 fully saturated rings. The van der Waals surface area contributed by atoms with Gasteiger partial charge >= 0.3 is 0 Å². The molecular weight excluding hydrogens is 582 g/mol. The van der Waals surface area contributed by atoms with Gasteiger partial charge in [-0.3, -0.25) is 4.79 Å². The van der Waals surface area contributed by atoms with E-state index >= 15 is 0 Å². The monoisotopic (exact) mass is 637 g/mol. The minimum atomic E-state index is -0.928. The summed E-state index contributed by atoms with van der Waals surface area (Å²) in [5.41, 5.74) is 4.45. The third-order valence-corrected chi connectivity index (χ3v) is 8.36. The van der Waals surface area contributed by atoms with Gasteiger partial charge in [0.2, 0.25) is 0 Å². The molecule has 0 radical (unpaired) electrons. The fourth-order valence-electron chi connectivity index (χ4n) is 6.14. The normalized spacial score (nSPS) is 18.6. The Morgan fingerprint density at radius 3 is 2.30 bits per heavy atom. The Morgan fingerprint density at radius 1 is 0.957 bits per heavy atom. The van der Waals surface area contributed by atoms with E-state index in [1.54, 1.807) is 0 Å². The Morgan fingerprint density at radius 2 is 1.63 bits per heavy atom. The highest BCUT2D eigenvalue weighted by Crippen LogP contribution is 2.42. The first kappa shape index (κ1) is 36.1. The number of hydrogen-bond donors (Lipinski definition) is 1. The van der Waals surface area contributed by atoms with Gasteiger partial charge in [-0.25, -0.2) is 0 Å². The number of hydrogen-bond acceptors (Lipinski definition) is 8. The molecule has 1 saturated heterocycles. The van der Waals surface area contributed by atoms with E-state index in [1.165, 1.54) is 0 Å². The zero-order chi connectivity index (χ0) is 33.3. The molecule has 1 N–H and O–H groups in total. The number of benzene rings is 2. The quantitative estimate of drug-likeness (QED) is 0.168. The standard InChI is InChI=1S/C38H55NO7/c1-8-44-34-25-38(6,7)24-33(40)36(34)32-23-29(10-9-27(32)2)28-11-13-30(14-12-28)45-31-15-17-39(18-16-31)19-20-42-21-22-43-26-35(41)46-37(3,4)5/h9-14,23,31,35,41H,8,15-22,24-26H2,1-7H3. The number of allylic oxidation sites excluding steroid dienone is 2. The second kappa shape index (κ2) is 16.4. The van der Waals surface area contributed by atoms with Crippen molar-refractivity contribution in [3.8, 4) is 16.9 Å². The fourth-order valence-corrected chi connectivity index (χ4v) is 6.14. The number of nitrogens with zero attached hydrogens (tertiary/aromatic N) is 1. The Kier molecular flexibility index (Phi) is 12.9. The van der Waals surface area contributed by atoms with Crippen molar-refractivity contribution in [2.45, 2.75) is 92.1 Å². The molecule has 1 aliphatic carbocycles. The molecule has 1 unspecified atom stereocenters. The molecule has 0 bridgehead atoms. The van der Waals surface area contributed by atoms with Gasteiger partial charge in [-0.1, -0.05) is 38.1 Å². The summed E-state index contributed by atoms with van der Waals surface area (Å²) in [6.45, 7) is 19.1. The second-order valence-corrected chi connectivity index (χ2v) is 14.3. The van der Waals surface area contributed by atoms with Gasteiger partial charge in [0.15, 0.2) is 12.1 Å². The molecule has 0 amide bonds. The highest BCUT2D eigenvalue weighted by Gasteiger charge is 2.35. The van der Waals surface area contributed by atoms with Crippen LogP contribution in [-0.4, -0.2) is 86.5 Å². The van der Waals surface area contributed by atoms with Crippen LogP contribution in [0.4, 0.5) is 0 Å². The molecule has 0 spiro atoms. The van der Waals surface area contributed by atoms with Gasteiger partial charge in [0.1, 0.15) is 17.6 Å². The molecule has 2 aliphatic rings. The van der Waals surface area contributed by atoms with Gasteiger partial charge in [0.05, 0.1) is 44.2 Å². The number of ether oxygens (including phenoxy) is 5. The van der Waals surface area contributed by atoms with Crippen molar-refractivity contribution in [2.75, 3.05) is 52.7 Å². The Balaban J connectivity index is 1.22. The lowest BCUT2D eigenvalue weighted by molar-refractivity contribution is -0.191. The molecule has 0 saturated carbocycles. The van der Waals surface area contributed by atoms with Crippen molar-refractivity contribution in [1.82, 2.24) is 4.90 Å². The van der Waals surface area contributed by atoms with E-state index in [9.17, 15) is 9.90 Å². The van der Waals surface area contributed by atoms with Gasteiger partial charge in [-0.2, -0.15) is 0 Å². The number of rotatable bonds is 15. The van der Waals surface area contributed by atoms with Gasteiger partial charge in [-0.05, 0) is 93.3 Å². The average Bonchev–Trinajstić information content (AvgIpc) is 2.97. The Labute approximate surface area is 276 Å². The van der Waals surface area contributed by atoms with Crippen LogP contribution in [0.15, 0.2) is 48.2 Å². The zero-order valence-electron chi connectivity index (χ0n) is 29.0. The summed E-state index contributed by atoms with van der Waals surface area (Å²) in [4.78, 5) is 15.7. The van der Waals surface area contributed by atoms with Crippen molar-refractivity contribution in [1.29, 1.82) is 0 Å². The average molecular weight is 638 g/mol. The summed E-state index contributed by atoms with van der Waals surface area (Å²) in [6, 6.07) is 14.6. The predicted molar refractivity (Wildman–Crippen MR) is 182 cm³/mol. The topological polar surface area (TPSA) is 86.7 Å². The molecule has 254 valence electrons. The van der Waals surface area contributed by atoms with Gasteiger partial charge in [-0.15, -0.1) is 0 Å². The van der Waals surface area contributed by atoms with E-state index in [2.05, 4.69) is 56.0 Å². The first-order valence-corrected chi connectivity index (χ1v) is 16.8. The van der Waals surface area contributed by atoms with Crippen molar-refractivity contribution in [3.63, 3.8) is 0 Å². The van der Waals surface area contributed by atoms with Crippen LogP contribution in [0, 0.1) is 12.3 Å². The number of aliphatic hydroxyl groups is 1. The maximum absolute atomic E-state index is 13.3. The molecular formula is C38H55NO7. The van der Waals surface area contributed by atoms with Crippen LogP contribution in [-0.2, 0) is 23.7 Å². The largest absolute Gasteiger partial charge is 0.497 e. The van der Waals surface area contributed by atoms with Crippen molar-refractivity contribution >= 4 is 11.4 Å². The molecule has 0 aromatic heterocycles. The maximum atomic E-state index is 13.3. The van der Waals surface area contributed by atoms with E-state index in [0.717, 1.165) is 78.2 Å². The maximum Gasteiger partial charge on any atom is 0.178 e. The molecule has 4 rings (SSSR count). The number of Topliss-reactive ketones (excluding diaryl/α,β-unsaturated/α-hetero) is 1. The molecule has 8 nitrogen and oxygen atoms in total. The van der Waals surface area contributed by atoms with E-state index in [1.807, 2.05) is 39.8 Å². The third-order valence-electron chi connectivity index (χ3n) is 8.36.